The van der Waals surface area contributed by atoms with Gasteiger partial charge in [0.25, 0.3) is 0 Å². The van der Waals surface area contributed by atoms with E-state index in [1.54, 1.807) is 12.1 Å². The molecule has 0 atom stereocenters. The van der Waals surface area contributed by atoms with Crippen LogP contribution in [-0.2, 0) is 0 Å². The van der Waals surface area contributed by atoms with E-state index < -0.39 is 4.92 Å². The van der Waals surface area contributed by atoms with Gasteiger partial charge in [-0.05, 0) is 49.6 Å². The summed E-state index contributed by atoms with van der Waals surface area (Å²) in [5.74, 6) is 0.922. The summed E-state index contributed by atoms with van der Waals surface area (Å²) in [6.45, 7) is 5.85. The first-order valence-corrected chi connectivity index (χ1v) is 6.88. The molecule has 0 saturated heterocycles. The predicted molar refractivity (Wildman–Crippen MR) is 81.5 cm³/mol. The van der Waals surface area contributed by atoms with Crippen LogP contribution in [0.1, 0.15) is 16.7 Å². The standard InChI is InChI=1S/C15H14BrNO3/c1-9-4-5-10(2)15(11(9)3)20-14-7-6-12(16)8-13(14)17(18)19/h4-8H,1-3H3. The van der Waals surface area contributed by atoms with E-state index in [4.69, 9.17) is 4.74 Å². The first-order chi connectivity index (χ1) is 9.40. The minimum Gasteiger partial charge on any atom is -0.450 e. The molecule has 0 fully saturated rings. The van der Waals surface area contributed by atoms with Gasteiger partial charge >= 0.3 is 5.69 Å². The Hall–Kier alpha value is -1.88. The minimum absolute atomic E-state index is 0.0559. The van der Waals surface area contributed by atoms with E-state index in [0.717, 1.165) is 16.7 Å². The summed E-state index contributed by atoms with van der Waals surface area (Å²) >= 11 is 3.23. The van der Waals surface area contributed by atoms with Crippen LogP contribution in [0.3, 0.4) is 0 Å². The summed E-state index contributed by atoms with van der Waals surface area (Å²) < 4.78 is 6.45. The molecule has 0 aliphatic carbocycles. The van der Waals surface area contributed by atoms with Crippen molar-refractivity contribution in [2.24, 2.45) is 0 Å². The highest BCUT2D eigenvalue weighted by molar-refractivity contribution is 9.10. The number of halogens is 1. The molecule has 2 aromatic rings. The van der Waals surface area contributed by atoms with Crippen LogP contribution >= 0.6 is 15.9 Å². The molecule has 0 amide bonds. The lowest BCUT2D eigenvalue weighted by Gasteiger charge is -2.13. The zero-order chi connectivity index (χ0) is 14.9. The fourth-order valence-electron chi connectivity index (χ4n) is 1.91. The SMILES string of the molecule is Cc1ccc(C)c(Oc2ccc(Br)cc2[N+](=O)[O-])c1C. The first kappa shape index (κ1) is 14.5. The smallest absolute Gasteiger partial charge is 0.312 e. The van der Waals surface area contributed by atoms with Crippen LogP contribution in [-0.4, -0.2) is 4.92 Å². The zero-order valence-corrected chi connectivity index (χ0v) is 13.0. The molecule has 0 radical (unpaired) electrons. The summed E-state index contributed by atoms with van der Waals surface area (Å²) in [6.07, 6.45) is 0. The third kappa shape index (κ3) is 2.82. The van der Waals surface area contributed by atoms with Crippen LogP contribution in [0.4, 0.5) is 5.69 Å². The maximum atomic E-state index is 11.1. The molecule has 0 spiro atoms. The highest BCUT2D eigenvalue weighted by atomic mass is 79.9. The Morgan fingerprint density at radius 2 is 1.75 bits per heavy atom. The Morgan fingerprint density at radius 3 is 2.40 bits per heavy atom. The number of aryl methyl sites for hydroxylation is 2. The molecular weight excluding hydrogens is 322 g/mol. The minimum atomic E-state index is -0.444. The average molecular weight is 336 g/mol. The van der Waals surface area contributed by atoms with Crippen molar-refractivity contribution >= 4 is 21.6 Å². The van der Waals surface area contributed by atoms with Crippen LogP contribution in [0, 0.1) is 30.9 Å². The Kier molecular flexibility index (Phi) is 4.09. The van der Waals surface area contributed by atoms with E-state index in [1.165, 1.54) is 6.07 Å². The van der Waals surface area contributed by atoms with Crippen molar-refractivity contribution in [1.82, 2.24) is 0 Å². The Morgan fingerprint density at radius 1 is 1.10 bits per heavy atom. The van der Waals surface area contributed by atoms with Gasteiger partial charge < -0.3 is 4.74 Å². The molecule has 0 saturated carbocycles. The molecule has 4 nitrogen and oxygen atoms in total. The molecule has 5 heteroatoms. The molecule has 20 heavy (non-hydrogen) atoms. The molecule has 0 aliphatic rings. The third-order valence-electron chi connectivity index (χ3n) is 3.20. The zero-order valence-electron chi connectivity index (χ0n) is 11.4. The lowest BCUT2D eigenvalue weighted by Crippen LogP contribution is -1.97. The summed E-state index contributed by atoms with van der Waals surface area (Å²) in [4.78, 5) is 10.7. The summed E-state index contributed by atoms with van der Waals surface area (Å²) in [5, 5.41) is 11.1. The maximum absolute atomic E-state index is 11.1. The average Bonchev–Trinajstić information content (AvgIpc) is 2.40. The van der Waals surface area contributed by atoms with Crippen molar-refractivity contribution in [2.75, 3.05) is 0 Å². The van der Waals surface area contributed by atoms with E-state index >= 15 is 0 Å². The quantitative estimate of drug-likeness (QED) is 0.580. The van der Waals surface area contributed by atoms with Crippen LogP contribution in [0.15, 0.2) is 34.8 Å². The fourth-order valence-corrected chi connectivity index (χ4v) is 2.26. The third-order valence-corrected chi connectivity index (χ3v) is 3.70. The number of hydrogen-bond acceptors (Lipinski definition) is 3. The lowest BCUT2D eigenvalue weighted by atomic mass is 10.1. The number of ether oxygens (including phenoxy) is 1. The van der Waals surface area contributed by atoms with Gasteiger partial charge in [0, 0.05) is 10.5 Å². The number of nitrogens with zero attached hydrogens (tertiary/aromatic N) is 1. The van der Waals surface area contributed by atoms with Crippen molar-refractivity contribution in [1.29, 1.82) is 0 Å². The number of nitro benzene ring substituents is 1. The number of benzene rings is 2. The van der Waals surface area contributed by atoms with Crippen molar-refractivity contribution in [2.45, 2.75) is 20.8 Å². The molecule has 104 valence electrons. The first-order valence-electron chi connectivity index (χ1n) is 6.08. The second-order valence-corrected chi connectivity index (χ2v) is 5.54. The summed E-state index contributed by atoms with van der Waals surface area (Å²) in [7, 11) is 0. The molecule has 0 aliphatic heterocycles. The molecule has 0 N–H and O–H groups in total. The second kappa shape index (κ2) is 5.63. The van der Waals surface area contributed by atoms with Gasteiger partial charge in [-0.3, -0.25) is 10.1 Å². The van der Waals surface area contributed by atoms with Crippen molar-refractivity contribution < 1.29 is 9.66 Å². The summed E-state index contributed by atoms with van der Waals surface area (Å²) in [6, 6.07) is 8.72. The van der Waals surface area contributed by atoms with Gasteiger partial charge in [0.2, 0.25) is 5.75 Å². The van der Waals surface area contributed by atoms with Gasteiger partial charge in [0.1, 0.15) is 5.75 Å². The van der Waals surface area contributed by atoms with Gasteiger partial charge in [0.05, 0.1) is 4.92 Å². The van der Waals surface area contributed by atoms with Crippen molar-refractivity contribution in [3.05, 3.63) is 61.6 Å². The van der Waals surface area contributed by atoms with Crippen LogP contribution < -0.4 is 4.74 Å². The molecule has 0 unspecified atom stereocenters. The van der Waals surface area contributed by atoms with Gasteiger partial charge in [-0.2, -0.15) is 0 Å². The van der Waals surface area contributed by atoms with Crippen molar-refractivity contribution in [3.8, 4) is 11.5 Å². The van der Waals surface area contributed by atoms with Crippen molar-refractivity contribution in [3.63, 3.8) is 0 Å². The number of hydrogen-bond donors (Lipinski definition) is 0. The fraction of sp³-hybridized carbons (Fsp3) is 0.200. The Balaban J connectivity index is 2.51. The van der Waals surface area contributed by atoms with Gasteiger partial charge in [-0.1, -0.05) is 28.1 Å². The predicted octanol–water partition coefficient (Wildman–Crippen LogP) is 5.07. The van der Waals surface area contributed by atoms with E-state index in [2.05, 4.69) is 15.9 Å². The van der Waals surface area contributed by atoms with E-state index in [-0.39, 0.29) is 11.4 Å². The largest absolute Gasteiger partial charge is 0.450 e. The Labute approximate surface area is 125 Å². The number of rotatable bonds is 3. The monoisotopic (exact) mass is 335 g/mol. The normalized spacial score (nSPS) is 10.4. The second-order valence-electron chi connectivity index (χ2n) is 4.62. The van der Waals surface area contributed by atoms with E-state index in [0.29, 0.717) is 10.2 Å². The van der Waals surface area contributed by atoms with Crippen LogP contribution in [0.5, 0.6) is 11.5 Å². The molecule has 0 bridgehead atoms. The molecular formula is C15H14BrNO3. The topological polar surface area (TPSA) is 52.4 Å². The molecule has 0 aromatic heterocycles. The van der Waals surface area contributed by atoms with E-state index in [1.807, 2.05) is 32.9 Å². The molecule has 2 aromatic carbocycles. The maximum Gasteiger partial charge on any atom is 0.312 e. The highest BCUT2D eigenvalue weighted by Gasteiger charge is 2.18. The van der Waals surface area contributed by atoms with Gasteiger partial charge in [-0.15, -0.1) is 0 Å². The van der Waals surface area contributed by atoms with Gasteiger partial charge in [-0.25, -0.2) is 0 Å². The summed E-state index contributed by atoms with van der Waals surface area (Å²) in [5.41, 5.74) is 2.97. The van der Waals surface area contributed by atoms with Gasteiger partial charge in [0.15, 0.2) is 0 Å². The molecule has 2 rings (SSSR count). The van der Waals surface area contributed by atoms with Crippen LogP contribution in [0.2, 0.25) is 0 Å². The Bertz CT molecular complexity index is 683. The highest BCUT2D eigenvalue weighted by Crippen LogP contribution is 2.36. The lowest BCUT2D eigenvalue weighted by molar-refractivity contribution is -0.385. The van der Waals surface area contributed by atoms with Crippen LogP contribution in [0.25, 0.3) is 0 Å². The molecule has 0 heterocycles. The van der Waals surface area contributed by atoms with E-state index in [9.17, 15) is 10.1 Å². The number of nitro groups is 1.